The average Bonchev–Trinajstić information content (AvgIpc) is 3.05. The largest absolute Gasteiger partial charge is 0.435 e. The quantitative estimate of drug-likeness (QED) is 0.623. The van der Waals surface area contributed by atoms with Gasteiger partial charge in [0, 0.05) is 29.9 Å². The molecule has 1 atom stereocenters. The van der Waals surface area contributed by atoms with Gasteiger partial charge in [-0.2, -0.15) is 23.7 Å². The van der Waals surface area contributed by atoms with Crippen LogP contribution < -0.4 is 22.7 Å². The monoisotopic (exact) mass is 395 g/mol. The summed E-state index contributed by atoms with van der Waals surface area (Å²) in [5.41, 5.74) is 10.5. The maximum absolute atomic E-state index is 13.2. The zero-order chi connectivity index (χ0) is 17.7. The van der Waals surface area contributed by atoms with Crippen LogP contribution in [0.3, 0.4) is 0 Å². The molecule has 0 spiro atoms. The summed E-state index contributed by atoms with van der Waals surface area (Å²) < 4.78 is 40.6. The van der Waals surface area contributed by atoms with E-state index in [1.54, 1.807) is 0 Å². The lowest BCUT2D eigenvalue weighted by atomic mass is 10.0. The van der Waals surface area contributed by atoms with Crippen molar-refractivity contribution < 1.29 is 13.2 Å². The third-order valence-electron chi connectivity index (χ3n) is 3.44. The zero-order valence-corrected chi connectivity index (χ0v) is 14.3. The van der Waals surface area contributed by atoms with Crippen molar-refractivity contribution in [3.05, 3.63) is 39.6 Å². The number of nitrogens with two attached hydrogens (primary N) is 1. The highest BCUT2D eigenvalue weighted by atomic mass is 35.5. The Bertz CT molecular complexity index is 811. The van der Waals surface area contributed by atoms with Crippen molar-refractivity contribution >= 4 is 29.5 Å². The first-order valence-corrected chi connectivity index (χ1v) is 7.33. The molecule has 0 aliphatic carbocycles. The van der Waals surface area contributed by atoms with Crippen LogP contribution in [-0.2, 0) is 19.0 Å². The molecule has 0 bridgehead atoms. The summed E-state index contributed by atoms with van der Waals surface area (Å²) in [6.07, 6.45) is -2.09. The van der Waals surface area contributed by atoms with Crippen molar-refractivity contribution in [2.75, 3.05) is 0 Å². The minimum absolute atomic E-state index is 0. The molecule has 0 radical (unpaired) electrons. The molecule has 1 aromatic carbocycles. The topological polar surface area (TPSA) is 115 Å². The number of halogens is 5. The van der Waals surface area contributed by atoms with Crippen molar-refractivity contribution in [3.63, 3.8) is 0 Å². The van der Waals surface area contributed by atoms with Crippen molar-refractivity contribution in [1.29, 1.82) is 0 Å². The molecule has 0 amide bonds. The first kappa shape index (κ1) is 19.5. The molecule has 3 rings (SSSR count). The highest BCUT2D eigenvalue weighted by molar-refractivity contribution is 6.39. The highest BCUT2D eigenvalue weighted by Crippen LogP contribution is 2.43. The van der Waals surface area contributed by atoms with Crippen LogP contribution in [0.5, 0.6) is 0 Å². The van der Waals surface area contributed by atoms with E-state index in [0.717, 1.165) is 4.68 Å². The normalized spacial score (nSPS) is 19.6. The van der Waals surface area contributed by atoms with Gasteiger partial charge in [-0.15, -0.1) is 0 Å². The number of alkyl halides is 3. The second kappa shape index (κ2) is 6.46. The van der Waals surface area contributed by atoms with Crippen LogP contribution in [0.2, 0.25) is 10.0 Å². The number of nitrogens with zero attached hydrogens (tertiary/aromatic N) is 3. The maximum atomic E-state index is 13.2. The average molecular weight is 396 g/mol. The summed E-state index contributed by atoms with van der Waals surface area (Å²) in [4.78, 5) is 4.00. The third kappa shape index (κ3) is 3.44. The first-order chi connectivity index (χ1) is 11.1. The molecule has 7 N–H and O–H groups in total. The Morgan fingerprint density at radius 2 is 1.84 bits per heavy atom. The van der Waals surface area contributed by atoms with E-state index in [1.807, 2.05) is 0 Å². The van der Waals surface area contributed by atoms with Gasteiger partial charge >= 0.3 is 6.18 Å². The van der Waals surface area contributed by atoms with E-state index in [4.69, 9.17) is 28.9 Å². The predicted molar refractivity (Wildman–Crippen MR) is 89.3 cm³/mol. The minimum atomic E-state index is -4.64. The minimum Gasteiger partial charge on any atom is -0.344 e. The fraction of sp³-hybridized carbons (Fsp3) is 0.231. The molecule has 1 aliphatic heterocycles. The Labute approximate surface area is 150 Å². The van der Waals surface area contributed by atoms with Gasteiger partial charge in [0.1, 0.15) is 6.34 Å². The van der Waals surface area contributed by atoms with Crippen LogP contribution >= 0.6 is 23.2 Å². The number of nitrogens with one attached hydrogen (secondary N) is 2. The number of rotatable bonds is 2. The van der Waals surface area contributed by atoms with Crippen LogP contribution in [-0.4, -0.2) is 16.1 Å². The van der Waals surface area contributed by atoms with Gasteiger partial charge in [-0.1, -0.05) is 23.2 Å². The summed E-state index contributed by atoms with van der Waals surface area (Å²) in [6.45, 7) is 0. The molecule has 136 valence electrons. The second-order valence-corrected chi connectivity index (χ2v) is 5.99. The molecule has 1 aromatic heterocycles. The third-order valence-corrected chi connectivity index (χ3v) is 4.04. The molecule has 0 fully saturated rings. The SMILES string of the molecule is Cn1cc(-c2c(Cl)cc(C3(N)N=CNN3)cc2Cl)c(C(F)(F)F)n1.N. The van der Waals surface area contributed by atoms with E-state index in [-0.39, 0.29) is 27.3 Å². The Morgan fingerprint density at radius 3 is 2.32 bits per heavy atom. The van der Waals surface area contributed by atoms with E-state index in [0.29, 0.717) is 5.56 Å². The van der Waals surface area contributed by atoms with Gasteiger partial charge in [-0.05, 0) is 12.1 Å². The standard InChI is InChI=1S/C13H11Cl2F3N6.H3N/c1-24-4-7(11(22-24)12(16,17)18)10-8(14)2-6(3-9(10)15)13(19)20-5-21-23-13;/h2-5,23H,19H2,1H3,(H,20,21);1H3. The molecule has 1 unspecified atom stereocenters. The summed E-state index contributed by atoms with van der Waals surface area (Å²) in [5.74, 6) is -1.31. The Balaban J connectivity index is 0.00000225. The van der Waals surface area contributed by atoms with Crippen molar-refractivity contribution in [1.82, 2.24) is 26.8 Å². The lowest BCUT2D eigenvalue weighted by Crippen LogP contribution is -2.49. The molecule has 25 heavy (non-hydrogen) atoms. The van der Waals surface area contributed by atoms with E-state index < -0.39 is 17.7 Å². The van der Waals surface area contributed by atoms with Gasteiger partial charge in [-0.25, -0.2) is 4.99 Å². The lowest BCUT2D eigenvalue weighted by Gasteiger charge is -2.22. The summed E-state index contributed by atoms with van der Waals surface area (Å²) >= 11 is 12.4. The van der Waals surface area contributed by atoms with Gasteiger partial charge in [0.15, 0.2) is 5.69 Å². The number of aryl methyl sites for hydroxylation is 1. The molecule has 1 aliphatic rings. The summed E-state index contributed by atoms with van der Waals surface area (Å²) in [6, 6.07) is 2.82. The number of hydrogen-bond donors (Lipinski definition) is 4. The molecule has 0 saturated heterocycles. The van der Waals surface area contributed by atoms with E-state index in [2.05, 4.69) is 20.9 Å². The Kier molecular flexibility index (Phi) is 5.04. The highest BCUT2D eigenvalue weighted by Gasteiger charge is 2.39. The lowest BCUT2D eigenvalue weighted by molar-refractivity contribution is -0.140. The molecule has 2 aromatic rings. The van der Waals surface area contributed by atoms with Crippen molar-refractivity contribution in [3.8, 4) is 11.1 Å². The van der Waals surface area contributed by atoms with Gasteiger partial charge in [0.25, 0.3) is 0 Å². The number of hydrogen-bond acceptors (Lipinski definition) is 6. The van der Waals surface area contributed by atoms with Gasteiger partial charge in [-0.3, -0.25) is 10.4 Å². The van der Waals surface area contributed by atoms with Gasteiger partial charge in [0.05, 0.1) is 10.0 Å². The van der Waals surface area contributed by atoms with E-state index in [9.17, 15) is 13.2 Å². The summed E-state index contributed by atoms with van der Waals surface area (Å²) in [7, 11) is 1.38. The number of hydrazine groups is 1. The molecule has 12 heteroatoms. The van der Waals surface area contributed by atoms with E-state index >= 15 is 0 Å². The Morgan fingerprint density at radius 1 is 1.24 bits per heavy atom. The fourth-order valence-electron chi connectivity index (χ4n) is 2.39. The fourth-order valence-corrected chi connectivity index (χ4v) is 3.08. The molecular formula is C13H14Cl2F3N7. The van der Waals surface area contributed by atoms with Crippen LogP contribution in [0.1, 0.15) is 11.3 Å². The maximum Gasteiger partial charge on any atom is 0.435 e. The number of aliphatic imine (C=N–C) groups is 1. The van der Waals surface area contributed by atoms with E-state index in [1.165, 1.54) is 31.7 Å². The number of aromatic nitrogens is 2. The van der Waals surface area contributed by atoms with Gasteiger partial charge in [0.2, 0.25) is 5.79 Å². The smallest absolute Gasteiger partial charge is 0.344 e. The van der Waals surface area contributed by atoms with Crippen molar-refractivity contribution in [2.45, 2.75) is 12.0 Å². The molecule has 7 nitrogen and oxygen atoms in total. The molecule has 0 saturated carbocycles. The van der Waals surface area contributed by atoms with Crippen molar-refractivity contribution in [2.24, 2.45) is 17.8 Å². The molecule has 2 heterocycles. The van der Waals surface area contributed by atoms with Crippen LogP contribution in [0, 0.1) is 0 Å². The number of benzene rings is 1. The van der Waals surface area contributed by atoms with Crippen LogP contribution in [0.25, 0.3) is 11.1 Å². The van der Waals surface area contributed by atoms with Gasteiger partial charge < -0.3 is 11.6 Å². The predicted octanol–water partition coefficient (Wildman–Crippen LogP) is 2.78. The second-order valence-electron chi connectivity index (χ2n) is 5.17. The Hall–Kier alpha value is -1.85. The first-order valence-electron chi connectivity index (χ1n) is 6.58. The van der Waals surface area contributed by atoms with Crippen LogP contribution in [0.15, 0.2) is 23.3 Å². The summed E-state index contributed by atoms with van der Waals surface area (Å²) in [5, 5.41) is 3.47. The zero-order valence-electron chi connectivity index (χ0n) is 12.8. The van der Waals surface area contributed by atoms with Crippen LogP contribution in [0.4, 0.5) is 13.2 Å². The molecular weight excluding hydrogens is 382 g/mol.